The summed E-state index contributed by atoms with van der Waals surface area (Å²) in [4.78, 5) is 0. The third-order valence-corrected chi connectivity index (χ3v) is 3.55. The van der Waals surface area contributed by atoms with Crippen LogP contribution >= 0.6 is 15.9 Å². The lowest BCUT2D eigenvalue weighted by molar-refractivity contribution is 0.611. The molecule has 0 amide bonds. The number of rotatable bonds is 3. The SMILES string of the molecule is CC1(CNc2cccc(Br)c2N)CC1. The molecule has 2 nitrogen and oxygen atoms in total. The molecule has 0 atom stereocenters. The largest absolute Gasteiger partial charge is 0.396 e. The minimum atomic E-state index is 0.509. The Bertz CT molecular complexity index is 345. The lowest BCUT2D eigenvalue weighted by Gasteiger charge is -2.13. The van der Waals surface area contributed by atoms with E-state index in [0.717, 1.165) is 22.4 Å². The van der Waals surface area contributed by atoms with Crippen LogP contribution in [0.5, 0.6) is 0 Å². The van der Waals surface area contributed by atoms with E-state index in [1.54, 1.807) is 0 Å². The van der Waals surface area contributed by atoms with Gasteiger partial charge in [-0.15, -0.1) is 0 Å². The fourth-order valence-electron chi connectivity index (χ4n) is 1.39. The Kier molecular flexibility index (Phi) is 2.43. The summed E-state index contributed by atoms with van der Waals surface area (Å²) < 4.78 is 0.962. The van der Waals surface area contributed by atoms with Gasteiger partial charge in [-0.3, -0.25) is 0 Å². The summed E-state index contributed by atoms with van der Waals surface area (Å²) in [5, 5.41) is 3.40. The van der Waals surface area contributed by atoms with Crippen LogP contribution in [0.25, 0.3) is 0 Å². The Morgan fingerprint density at radius 3 is 2.86 bits per heavy atom. The molecule has 1 saturated carbocycles. The maximum absolute atomic E-state index is 5.92. The van der Waals surface area contributed by atoms with Crippen LogP contribution in [0.4, 0.5) is 11.4 Å². The van der Waals surface area contributed by atoms with Gasteiger partial charge in [0, 0.05) is 11.0 Å². The molecule has 1 fully saturated rings. The summed E-state index contributed by atoms with van der Waals surface area (Å²) in [5.74, 6) is 0. The van der Waals surface area contributed by atoms with Crippen molar-refractivity contribution in [3.05, 3.63) is 22.7 Å². The third-order valence-electron chi connectivity index (χ3n) is 2.86. The van der Waals surface area contributed by atoms with Crippen LogP contribution in [-0.2, 0) is 0 Å². The Balaban J connectivity index is 2.05. The van der Waals surface area contributed by atoms with Crippen molar-refractivity contribution < 1.29 is 0 Å². The smallest absolute Gasteiger partial charge is 0.0694 e. The Hall–Kier alpha value is -0.700. The molecule has 0 aromatic heterocycles. The van der Waals surface area contributed by atoms with E-state index in [1.807, 2.05) is 18.2 Å². The average molecular weight is 255 g/mol. The highest BCUT2D eigenvalue weighted by Crippen LogP contribution is 2.45. The molecule has 1 aliphatic rings. The molecule has 76 valence electrons. The van der Waals surface area contributed by atoms with Gasteiger partial charge < -0.3 is 11.1 Å². The standard InChI is InChI=1S/C11H15BrN2/c1-11(5-6-11)7-14-9-4-2-3-8(12)10(9)13/h2-4,14H,5-7,13H2,1H3. The van der Waals surface area contributed by atoms with Crippen molar-refractivity contribution in [2.75, 3.05) is 17.6 Å². The Morgan fingerprint density at radius 1 is 1.50 bits per heavy atom. The number of benzene rings is 1. The molecule has 0 aliphatic heterocycles. The van der Waals surface area contributed by atoms with Crippen molar-refractivity contribution in [1.82, 2.24) is 0 Å². The normalized spacial score (nSPS) is 17.9. The van der Waals surface area contributed by atoms with Gasteiger partial charge in [0.1, 0.15) is 0 Å². The van der Waals surface area contributed by atoms with Gasteiger partial charge in [0.2, 0.25) is 0 Å². The molecule has 3 N–H and O–H groups in total. The van der Waals surface area contributed by atoms with Gasteiger partial charge in [-0.2, -0.15) is 0 Å². The highest BCUT2D eigenvalue weighted by atomic mass is 79.9. The summed E-state index contributed by atoms with van der Waals surface area (Å²) in [7, 11) is 0. The predicted molar refractivity (Wildman–Crippen MR) is 64.4 cm³/mol. The molecule has 0 unspecified atom stereocenters. The van der Waals surface area contributed by atoms with Gasteiger partial charge in [-0.1, -0.05) is 13.0 Å². The number of nitrogens with one attached hydrogen (secondary N) is 1. The van der Waals surface area contributed by atoms with E-state index >= 15 is 0 Å². The summed E-state index contributed by atoms with van der Waals surface area (Å²) in [6.45, 7) is 3.32. The van der Waals surface area contributed by atoms with E-state index in [1.165, 1.54) is 12.8 Å². The molecule has 2 rings (SSSR count). The molecule has 0 bridgehead atoms. The fraction of sp³-hybridized carbons (Fsp3) is 0.455. The molecule has 0 radical (unpaired) electrons. The van der Waals surface area contributed by atoms with E-state index in [-0.39, 0.29) is 0 Å². The summed E-state index contributed by atoms with van der Waals surface area (Å²) in [6, 6.07) is 5.98. The number of hydrogen-bond acceptors (Lipinski definition) is 2. The van der Waals surface area contributed by atoms with E-state index in [2.05, 4.69) is 28.2 Å². The van der Waals surface area contributed by atoms with Crippen LogP contribution < -0.4 is 11.1 Å². The molecule has 0 heterocycles. The quantitative estimate of drug-likeness (QED) is 0.813. The highest BCUT2D eigenvalue weighted by molar-refractivity contribution is 9.10. The van der Waals surface area contributed by atoms with Crippen molar-refractivity contribution in [3.63, 3.8) is 0 Å². The van der Waals surface area contributed by atoms with Crippen molar-refractivity contribution in [1.29, 1.82) is 0 Å². The first-order valence-electron chi connectivity index (χ1n) is 4.89. The third kappa shape index (κ3) is 2.03. The summed E-state index contributed by atoms with van der Waals surface area (Å²) in [5.41, 5.74) is 8.27. The first-order chi connectivity index (χ1) is 6.61. The minimum Gasteiger partial charge on any atom is -0.396 e. The molecule has 3 heteroatoms. The van der Waals surface area contributed by atoms with Crippen molar-refractivity contribution in [3.8, 4) is 0 Å². The molecular weight excluding hydrogens is 240 g/mol. The maximum Gasteiger partial charge on any atom is 0.0694 e. The number of halogens is 1. The summed E-state index contributed by atoms with van der Waals surface area (Å²) >= 11 is 3.42. The Labute approximate surface area is 93.0 Å². The van der Waals surface area contributed by atoms with Crippen molar-refractivity contribution in [2.24, 2.45) is 5.41 Å². The fourth-order valence-corrected chi connectivity index (χ4v) is 1.76. The number of para-hydroxylation sites is 1. The van der Waals surface area contributed by atoms with Gasteiger partial charge >= 0.3 is 0 Å². The van der Waals surface area contributed by atoms with Crippen LogP contribution in [0.3, 0.4) is 0 Å². The van der Waals surface area contributed by atoms with Crippen LogP contribution in [0.1, 0.15) is 19.8 Å². The predicted octanol–water partition coefficient (Wildman–Crippen LogP) is 3.24. The number of hydrogen-bond donors (Lipinski definition) is 2. The minimum absolute atomic E-state index is 0.509. The second-order valence-corrected chi connectivity index (χ2v) is 5.22. The monoisotopic (exact) mass is 254 g/mol. The molecule has 1 aromatic rings. The van der Waals surface area contributed by atoms with Crippen LogP contribution in [-0.4, -0.2) is 6.54 Å². The average Bonchev–Trinajstić information content (AvgIpc) is 2.88. The second-order valence-electron chi connectivity index (χ2n) is 4.37. The van der Waals surface area contributed by atoms with Gasteiger partial charge in [-0.05, 0) is 46.3 Å². The van der Waals surface area contributed by atoms with E-state index in [4.69, 9.17) is 5.73 Å². The van der Waals surface area contributed by atoms with Crippen LogP contribution in [0.15, 0.2) is 22.7 Å². The van der Waals surface area contributed by atoms with Gasteiger partial charge in [-0.25, -0.2) is 0 Å². The van der Waals surface area contributed by atoms with Gasteiger partial charge in [0.25, 0.3) is 0 Å². The van der Waals surface area contributed by atoms with Crippen molar-refractivity contribution in [2.45, 2.75) is 19.8 Å². The maximum atomic E-state index is 5.92. The summed E-state index contributed by atoms with van der Waals surface area (Å²) in [6.07, 6.45) is 2.65. The zero-order valence-corrected chi connectivity index (χ0v) is 9.89. The van der Waals surface area contributed by atoms with E-state index < -0.39 is 0 Å². The van der Waals surface area contributed by atoms with E-state index in [0.29, 0.717) is 5.41 Å². The second kappa shape index (κ2) is 3.46. The van der Waals surface area contributed by atoms with Gasteiger partial charge in [0.15, 0.2) is 0 Å². The lowest BCUT2D eigenvalue weighted by Crippen LogP contribution is -2.12. The molecule has 1 aromatic carbocycles. The zero-order valence-electron chi connectivity index (χ0n) is 8.31. The lowest BCUT2D eigenvalue weighted by atomic mass is 10.1. The van der Waals surface area contributed by atoms with E-state index in [9.17, 15) is 0 Å². The van der Waals surface area contributed by atoms with Gasteiger partial charge in [0.05, 0.1) is 11.4 Å². The molecule has 0 spiro atoms. The van der Waals surface area contributed by atoms with Crippen LogP contribution in [0.2, 0.25) is 0 Å². The Morgan fingerprint density at radius 2 is 2.21 bits per heavy atom. The number of nitrogen functional groups attached to an aromatic ring is 1. The highest BCUT2D eigenvalue weighted by Gasteiger charge is 2.36. The topological polar surface area (TPSA) is 38.0 Å². The first-order valence-corrected chi connectivity index (χ1v) is 5.68. The first kappa shape index (κ1) is 9.84. The van der Waals surface area contributed by atoms with Crippen LogP contribution in [0, 0.1) is 5.41 Å². The molecule has 1 aliphatic carbocycles. The van der Waals surface area contributed by atoms with Crippen molar-refractivity contribution >= 4 is 27.3 Å². The zero-order chi connectivity index (χ0) is 10.2. The number of anilines is 2. The number of nitrogens with two attached hydrogens (primary N) is 1. The molecular formula is C11H15BrN2. The molecule has 14 heavy (non-hydrogen) atoms. The molecule has 0 saturated heterocycles.